The molecule has 0 spiro atoms. The van der Waals surface area contributed by atoms with Crippen molar-refractivity contribution in [2.24, 2.45) is 5.41 Å². The van der Waals surface area contributed by atoms with Gasteiger partial charge in [-0.2, -0.15) is 0 Å². The lowest BCUT2D eigenvalue weighted by atomic mass is 9.88. The van der Waals surface area contributed by atoms with Crippen LogP contribution < -0.4 is 0 Å². The van der Waals surface area contributed by atoms with Gasteiger partial charge in [-0.05, 0) is 19.8 Å². The zero-order valence-corrected chi connectivity index (χ0v) is 10.0. The predicted molar refractivity (Wildman–Crippen MR) is 58.0 cm³/mol. The number of aliphatic hydroxyl groups excluding tert-OH is 1. The number of nitrogens with zero attached hydrogens (tertiary/aromatic N) is 1. The van der Waals surface area contributed by atoms with Crippen molar-refractivity contribution in [3.63, 3.8) is 0 Å². The van der Waals surface area contributed by atoms with E-state index in [1.807, 2.05) is 20.8 Å². The molecule has 3 nitrogen and oxygen atoms in total. The molecule has 0 aliphatic carbocycles. The molecule has 1 atom stereocenters. The first-order chi connectivity index (χ1) is 6.31. The van der Waals surface area contributed by atoms with Crippen molar-refractivity contribution < 1.29 is 9.90 Å². The molecular formula is C11H23NO2. The van der Waals surface area contributed by atoms with Crippen molar-refractivity contribution in [3.8, 4) is 0 Å². The fourth-order valence-corrected chi connectivity index (χ4v) is 1.15. The smallest absolute Gasteiger partial charge is 0.227 e. The molecule has 14 heavy (non-hydrogen) atoms. The van der Waals surface area contributed by atoms with Crippen LogP contribution in [0.3, 0.4) is 0 Å². The Labute approximate surface area is 87.1 Å². The molecule has 1 N–H and O–H groups in total. The molecule has 0 fully saturated rings. The third kappa shape index (κ3) is 4.09. The quantitative estimate of drug-likeness (QED) is 0.734. The van der Waals surface area contributed by atoms with Crippen molar-refractivity contribution in [1.29, 1.82) is 0 Å². The normalized spacial score (nSPS) is 13.9. The molecule has 0 rings (SSSR count). The summed E-state index contributed by atoms with van der Waals surface area (Å²) in [6.07, 6.45) is 1.14. The Balaban J connectivity index is 4.12. The highest BCUT2D eigenvalue weighted by Gasteiger charge is 2.28. The summed E-state index contributed by atoms with van der Waals surface area (Å²) >= 11 is 0. The van der Waals surface area contributed by atoms with Gasteiger partial charge in [0.25, 0.3) is 0 Å². The van der Waals surface area contributed by atoms with Crippen LogP contribution in [-0.4, -0.2) is 35.6 Å². The van der Waals surface area contributed by atoms with Gasteiger partial charge in [-0.15, -0.1) is 0 Å². The van der Waals surface area contributed by atoms with Gasteiger partial charge in [-0.25, -0.2) is 0 Å². The Morgan fingerprint density at radius 3 is 2.36 bits per heavy atom. The first-order valence-corrected chi connectivity index (χ1v) is 5.25. The van der Waals surface area contributed by atoms with Gasteiger partial charge in [0.05, 0.1) is 6.10 Å². The molecule has 1 amide bonds. The maximum absolute atomic E-state index is 11.9. The molecule has 0 saturated carbocycles. The van der Waals surface area contributed by atoms with E-state index in [1.54, 1.807) is 18.9 Å². The van der Waals surface area contributed by atoms with Gasteiger partial charge in [0, 0.05) is 19.0 Å². The van der Waals surface area contributed by atoms with Crippen LogP contribution in [0.2, 0.25) is 0 Å². The summed E-state index contributed by atoms with van der Waals surface area (Å²) in [4.78, 5) is 13.6. The van der Waals surface area contributed by atoms with Crippen LogP contribution in [0.25, 0.3) is 0 Å². The van der Waals surface area contributed by atoms with Gasteiger partial charge < -0.3 is 10.0 Å². The Bertz CT molecular complexity index is 188. The van der Waals surface area contributed by atoms with E-state index in [1.165, 1.54) is 0 Å². The Kier molecular flexibility index (Phi) is 5.13. The van der Waals surface area contributed by atoms with E-state index in [0.717, 1.165) is 6.42 Å². The third-order valence-corrected chi connectivity index (χ3v) is 2.69. The highest BCUT2D eigenvalue weighted by molar-refractivity contribution is 5.81. The molecule has 84 valence electrons. The minimum absolute atomic E-state index is 0.153. The van der Waals surface area contributed by atoms with Crippen LogP contribution in [0, 0.1) is 5.41 Å². The average molecular weight is 201 g/mol. The van der Waals surface area contributed by atoms with E-state index < -0.39 is 0 Å². The summed E-state index contributed by atoms with van der Waals surface area (Å²) in [5.74, 6) is 0.153. The van der Waals surface area contributed by atoms with Crippen LogP contribution >= 0.6 is 0 Å². The number of amides is 1. The van der Waals surface area contributed by atoms with Crippen LogP contribution in [0.15, 0.2) is 0 Å². The minimum atomic E-state index is -0.338. The first kappa shape index (κ1) is 13.4. The molecule has 0 aromatic carbocycles. The highest BCUT2D eigenvalue weighted by atomic mass is 16.3. The summed E-state index contributed by atoms with van der Waals surface area (Å²) < 4.78 is 0. The Hall–Kier alpha value is -0.570. The Morgan fingerprint density at radius 1 is 1.50 bits per heavy atom. The number of carbonyl (C=O) groups excluding carboxylic acids is 1. The summed E-state index contributed by atoms with van der Waals surface area (Å²) in [6, 6.07) is 0. The highest BCUT2D eigenvalue weighted by Crippen LogP contribution is 2.22. The second kappa shape index (κ2) is 5.35. The van der Waals surface area contributed by atoms with Crippen molar-refractivity contribution in [2.75, 3.05) is 13.6 Å². The standard InChI is InChI=1S/C11H23NO2/c1-6-11(3,4)10(14)12(5)8-7-9(2)13/h9,13H,6-8H2,1-5H3. The molecule has 0 aromatic heterocycles. The summed E-state index contributed by atoms with van der Waals surface area (Å²) in [5, 5.41) is 9.11. The zero-order chi connectivity index (χ0) is 11.4. The number of aliphatic hydroxyl groups is 1. The van der Waals surface area contributed by atoms with Gasteiger partial charge in [0.15, 0.2) is 0 Å². The molecule has 3 heteroatoms. The lowest BCUT2D eigenvalue weighted by molar-refractivity contribution is -0.139. The topological polar surface area (TPSA) is 40.5 Å². The summed E-state index contributed by atoms with van der Waals surface area (Å²) in [5.41, 5.74) is -0.284. The Morgan fingerprint density at radius 2 is 2.00 bits per heavy atom. The lowest BCUT2D eigenvalue weighted by Crippen LogP contribution is -2.39. The lowest BCUT2D eigenvalue weighted by Gasteiger charge is -2.28. The molecule has 0 heterocycles. The number of rotatable bonds is 5. The molecule has 0 aromatic rings. The van der Waals surface area contributed by atoms with Gasteiger partial charge in [-0.1, -0.05) is 20.8 Å². The van der Waals surface area contributed by atoms with E-state index in [-0.39, 0.29) is 17.4 Å². The van der Waals surface area contributed by atoms with Crippen LogP contribution in [0.5, 0.6) is 0 Å². The van der Waals surface area contributed by atoms with Crippen molar-refractivity contribution >= 4 is 5.91 Å². The van der Waals surface area contributed by atoms with Crippen molar-refractivity contribution in [1.82, 2.24) is 4.90 Å². The molecule has 0 aliphatic heterocycles. The fraction of sp³-hybridized carbons (Fsp3) is 0.909. The van der Waals surface area contributed by atoms with E-state index in [2.05, 4.69) is 0 Å². The zero-order valence-electron chi connectivity index (χ0n) is 10.0. The fourth-order valence-electron chi connectivity index (χ4n) is 1.15. The number of hydrogen-bond acceptors (Lipinski definition) is 2. The molecule has 0 saturated heterocycles. The molecule has 0 bridgehead atoms. The van der Waals surface area contributed by atoms with Crippen LogP contribution in [0.1, 0.15) is 40.5 Å². The second-order valence-electron chi connectivity index (χ2n) is 4.60. The van der Waals surface area contributed by atoms with Gasteiger partial charge in [0.2, 0.25) is 5.91 Å². The molecule has 0 aliphatic rings. The van der Waals surface area contributed by atoms with E-state index >= 15 is 0 Å². The summed E-state index contributed by atoms with van der Waals surface area (Å²) in [6.45, 7) is 8.28. The van der Waals surface area contributed by atoms with Crippen LogP contribution in [0.4, 0.5) is 0 Å². The van der Waals surface area contributed by atoms with Gasteiger partial charge in [-0.3, -0.25) is 4.79 Å². The third-order valence-electron chi connectivity index (χ3n) is 2.69. The molecular weight excluding hydrogens is 178 g/mol. The maximum Gasteiger partial charge on any atom is 0.227 e. The van der Waals surface area contributed by atoms with Crippen molar-refractivity contribution in [2.45, 2.75) is 46.6 Å². The maximum atomic E-state index is 11.9. The van der Waals surface area contributed by atoms with Gasteiger partial charge >= 0.3 is 0 Å². The van der Waals surface area contributed by atoms with Crippen LogP contribution in [-0.2, 0) is 4.79 Å². The van der Waals surface area contributed by atoms with E-state index in [0.29, 0.717) is 13.0 Å². The average Bonchev–Trinajstić information content (AvgIpc) is 2.12. The van der Waals surface area contributed by atoms with E-state index in [4.69, 9.17) is 5.11 Å². The first-order valence-electron chi connectivity index (χ1n) is 5.25. The van der Waals surface area contributed by atoms with Gasteiger partial charge in [0.1, 0.15) is 0 Å². The summed E-state index contributed by atoms with van der Waals surface area (Å²) in [7, 11) is 1.79. The molecule has 0 radical (unpaired) electrons. The monoisotopic (exact) mass is 201 g/mol. The second-order valence-corrected chi connectivity index (χ2v) is 4.60. The SMILES string of the molecule is CCC(C)(C)C(=O)N(C)CCC(C)O. The largest absolute Gasteiger partial charge is 0.393 e. The predicted octanol–water partition coefficient (Wildman–Crippen LogP) is 1.65. The minimum Gasteiger partial charge on any atom is -0.393 e. The van der Waals surface area contributed by atoms with Crippen molar-refractivity contribution in [3.05, 3.63) is 0 Å². The molecule has 1 unspecified atom stereocenters. The number of hydrogen-bond donors (Lipinski definition) is 1. The number of carbonyl (C=O) groups is 1. The van der Waals surface area contributed by atoms with E-state index in [9.17, 15) is 4.79 Å².